The van der Waals surface area contributed by atoms with Gasteiger partial charge in [0, 0.05) is 23.4 Å². The van der Waals surface area contributed by atoms with Crippen molar-refractivity contribution in [2.45, 2.75) is 29.4 Å². The van der Waals surface area contributed by atoms with Gasteiger partial charge in [-0.25, -0.2) is 26.4 Å². The SMILES string of the molecule is NC(=O)OCC1=CC2CCC(C1)C2S(=O)(=O)c1cc(C(=O)Nc2cc(F)c(F)c(F)c2)ccc1Cl. The third-order valence-corrected chi connectivity index (χ3v) is 9.07. The Bertz CT molecular complexity index is 1330. The highest BCUT2D eigenvalue weighted by Crippen LogP contribution is 2.47. The first-order valence-electron chi connectivity index (χ1n) is 10.6. The minimum absolute atomic E-state index is 0.00388. The number of amides is 2. The second-order valence-electron chi connectivity index (χ2n) is 8.50. The van der Waals surface area contributed by atoms with E-state index in [1.807, 2.05) is 0 Å². The first kappa shape index (κ1) is 25.1. The van der Waals surface area contributed by atoms with Crippen LogP contribution in [0.25, 0.3) is 0 Å². The second-order valence-corrected chi connectivity index (χ2v) is 11.0. The Kier molecular flexibility index (Phi) is 6.83. The number of hydrogen-bond acceptors (Lipinski definition) is 5. The first-order chi connectivity index (χ1) is 16.5. The van der Waals surface area contributed by atoms with Crippen molar-refractivity contribution in [1.82, 2.24) is 0 Å². The van der Waals surface area contributed by atoms with Gasteiger partial charge in [0.2, 0.25) is 0 Å². The van der Waals surface area contributed by atoms with Gasteiger partial charge >= 0.3 is 6.09 Å². The van der Waals surface area contributed by atoms with Crippen LogP contribution in [0.4, 0.5) is 23.7 Å². The number of primary amides is 1. The summed E-state index contributed by atoms with van der Waals surface area (Å²) in [6, 6.07) is 4.84. The average Bonchev–Trinajstić information content (AvgIpc) is 3.07. The standard InChI is InChI=1S/C23H20ClF3N2O5S/c24-16-4-3-14(22(30)29-15-8-17(25)20(27)18(26)9-15)7-19(16)35(32,33)21-12-1-2-13(21)6-11(5-12)10-34-23(28)31/h3-5,7-9,12-13,21H,1-2,6,10H2,(H2,28,31)(H,29,30). The molecule has 0 saturated heterocycles. The fraction of sp³-hybridized carbons (Fsp3) is 0.304. The van der Waals surface area contributed by atoms with Crippen LogP contribution < -0.4 is 11.1 Å². The van der Waals surface area contributed by atoms with Crippen LogP contribution in [-0.2, 0) is 14.6 Å². The van der Waals surface area contributed by atoms with Crippen molar-refractivity contribution in [2.75, 3.05) is 11.9 Å². The van der Waals surface area contributed by atoms with E-state index >= 15 is 0 Å². The quantitative estimate of drug-likeness (QED) is 0.420. The van der Waals surface area contributed by atoms with Gasteiger partial charge in [-0.15, -0.1) is 0 Å². The maximum atomic E-state index is 13.6. The van der Waals surface area contributed by atoms with Gasteiger partial charge in [0.15, 0.2) is 27.3 Å². The highest BCUT2D eigenvalue weighted by molar-refractivity contribution is 7.92. The summed E-state index contributed by atoms with van der Waals surface area (Å²) >= 11 is 6.21. The lowest BCUT2D eigenvalue weighted by Crippen LogP contribution is -2.34. The molecule has 35 heavy (non-hydrogen) atoms. The van der Waals surface area contributed by atoms with E-state index in [-0.39, 0.29) is 39.6 Å². The fourth-order valence-corrected chi connectivity index (χ4v) is 7.56. The normalized spacial score (nSPS) is 21.4. The highest BCUT2D eigenvalue weighted by Gasteiger charge is 2.47. The van der Waals surface area contributed by atoms with E-state index in [1.165, 1.54) is 12.1 Å². The lowest BCUT2D eigenvalue weighted by atomic mass is 9.89. The molecule has 0 heterocycles. The molecule has 2 bridgehead atoms. The van der Waals surface area contributed by atoms with Gasteiger partial charge in [-0.3, -0.25) is 4.79 Å². The van der Waals surface area contributed by atoms with E-state index in [1.54, 1.807) is 6.08 Å². The zero-order chi connectivity index (χ0) is 25.5. The van der Waals surface area contributed by atoms with Gasteiger partial charge in [-0.2, -0.15) is 0 Å². The highest BCUT2D eigenvalue weighted by atomic mass is 35.5. The van der Waals surface area contributed by atoms with Crippen molar-refractivity contribution in [3.05, 3.63) is 70.0 Å². The third-order valence-electron chi connectivity index (χ3n) is 6.23. The number of ether oxygens (including phenoxy) is 1. The predicted octanol–water partition coefficient (Wildman–Crippen LogP) is 4.60. The molecule has 7 nitrogen and oxygen atoms in total. The molecule has 12 heteroatoms. The summed E-state index contributed by atoms with van der Waals surface area (Å²) in [5.41, 5.74) is 5.34. The molecule has 0 aromatic heterocycles. The van der Waals surface area contributed by atoms with E-state index < -0.39 is 44.5 Å². The van der Waals surface area contributed by atoms with E-state index in [2.05, 4.69) is 5.32 Å². The Morgan fingerprint density at radius 2 is 1.80 bits per heavy atom. The Hall–Kier alpha value is -3.05. The monoisotopic (exact) mass is 528 g/mol. The molecule has 2 aliphatic rings. The molecule has 0 aliphatic heterocycles. The molecule has 186 valence electrons. The fourth-order valence-electron chi connectivity index (χ4n) is 4.78. The number of sulfone groups is 1. The predicted molar refractivity (Wildman–Crippen MR) is 121 cm³/mol. The maximum Gasteiger partial charge on any atom is 0.404 e. The first-order valence-corrected chi connectivity index (χ1v) is 12.5. The van der Waals surface area contributed by atoms with Crippen molar-refractivity contribution in [1.29, 1.82) is 0 Å². The number of halogens is 4. The van der Waals surface area contributed by atoms with Crippen molar-refractivity contribution >= 4 is 39.1 Å². The number of carbonyl (C=O) groups excluding carboxylic acids is 2. The molecule has 1 fully saturated rings. The Morgan fingerprint density at radius 3 is 2.43 bits per heavy atom. The maximum absolute atomic E-state index is 13.6. The number of hydrogen-bond donors (Lipinski definition) is 2. The average molecular weight is 529 g/mol. The summed E-state index contributed by atoms with van der Waals surface area (Å²) in [5, 5.41) is 1.36. The topological polar surface area (TPSA) is 116 Å². The zero-order valence-electron chi connectivity index (χ0n) is 18.1. The number of rotatable bonds is 6. The van der Waals surface area contributed by atoms with E-state index in [9.17, 15) is 31.2 Å². The number of nitrogens with one attached hydrogen (secondary N) is 1. The van der Waals surface area contributed by atoms with Crippen LogP contribution in [0.3, 0.4) is 0 Å². The lowest BCUT2D eigenvalue weighted by molar-refractivity contribution is 0.102. The molecular formula is C23H20ClF3N2O5S. The molecule has 3 unspecified atom stereocenters. The number of anilines is 1. The van der Waals surface area contributed by atoms with Gasteiger partial charge < -0.3 is 15.8 Å². The minimum Gasteiger partial charge on any atom is -0.445 e. The summed E-state index contributed by atoms with van der Waals surface area (Å²) in [6.45, 7) is -0.00388. The summed E-state index contributed by atoms with van der Waals surface area (Å²) < 4.78 is 72.2. The van der Waals surface area contributed by atoms with E-state index in [0.717, 1.165) is 11.6 Å². The number of carbonyl (C=O) groups is 2. The number of benzene rings is 2. The molecule has 0 radical (unpaired) electrons. The van der Waals surface area contributed by atoms with Crippen LogP contribution in [0.1, 0.15) is 29.6 Å². The largest absolute Gasteiger partial charge is 0.445 e. The van der Waals surface area contributed by atoms with Crippen LogP contribution in [0, 0.1) is 29.3 Å². The third kappa shape index (κ3) is 5.01. The van der Waals surface area contributed by atoms with Crippen LogP contribution in [0.15, 0.2) is 46.9 Å². The van der Waals surface area contributed by atoms with Gasteiger partial charge in [-0.05, 0) is 54.9 Å². The Labute approximate surface area is 204 Å². The van der Waals surface area contributed by atoms with Crippen molar-refractivity contribution in [3.63, 3.8) is 0 Å². The van der Waals surface area contributed by atoms with Crippen LogP contribution >= 0.6 is 11.6 Å². The van der Waals surface area contributed by atoms with Crippen molar-refractivity contribution < 1.29 is 35.9 Å². The van der Waals surface area contributed by atoms with Crippen molar-refractivity contribution in [3.8, 4) is 0 Å². The molecular weight excluding hydrogens is 509 g/mol. The van der Waals surface area contributed by atoms with Gasteiger partial charge in [0.1, 0.15) is 6.61 Å². The van der Waals surface area contributed by atoms with Crippen LogP contribution in [0.2, 0.25) is 5.02 Å². The van der Waals surface area contributed by atoms with E-state index in [0.29, 0.717) is 31.4 Å². The Morgan fingerprint density at radius 1 is 1.11 bits per heavy atom. The number of nitrogens with two attached hydrogens (primary N) is 1. The second kappa shape index (κ2) is 9.54. The van der Waals surface area contributed by atoms with Gasteiger partial charge in [-0.1, -0.05) is 17.7 Å². The molecule has 2 aromatic rings. The molecule has 4 rings (SSSR count). The molecule has 2 amide bonds. The summed E-state index contributed by atoms with van der Waals surface area (Å²) in [6.07, 6.45) is 2.55. The molecule has 3 atom stereocenters. The molecule has 3 N–H and O–H groups in total. The molecule has 0 spiro atoms. The zero-order valence-corrected chi connectivity index (χ0v) is 19.6. The molecule has 1 saturated carbocycles. The van der Waals surface area contributed by atoms with Crippen LogP contribution in [-0.4, -0.2) is 32.3 Å². The summed E-state index contributed by atoms with van der Waals surface area (Å²) in [4.78, 5) is 23.3. The van der Waals surface area contributed by atoms with Gasteiger partial charge in [0.25, 0.3) is 5.91 Å². The smallest absolute Gasteiger partial charge is 0.404 e. The number of fused-ring (bicyclic) bond motifs is 2. The summed E-state index contributed by atoms with van der Waals surface area (Å²) in [7, 11) is -3.99. The van der Waals surface area contributed by atoms with Crippen LogP contribution in [0.5, 0.6) is 0 Å². The van der Waals surface area contributed by atoms with Crippen molar-refractivity contribution in [2.24, 2.45) is 17.6 Å². The Balaban J connectivity index is 1.60. The minimum atomic E-state index is -3.99. The molecule has 2 aliphatic carbocycles. The van der Waals surface area contributed by atoms with E-state index in [4.69, 9.17) is 22.1 Å². The molecule has 2 aromatic carbocycles. The number of allylic oxidation sites excluding steroid dienone is 1. The summed E-state index contributed by atoms with van der Waals surface area (Å²) in [5.74, 6) is -6.07. The van der Waals surface area contributed by atoms with Gasteiger partial charge in [0.05, 0.1) is 15.2 Å². The lowest BCUT2D eigenvalue weighted by Gasteiger charge is -2.29.